The first kappa shape index (κ1) is 10.3. The van der Waals surface area contributed by atoms with E-state index in [1.165, 1.54) is 4.90 Å². The predicted octanol–water partition coefficient (Wildman–Crippen LogP) is -0.245. The normalized spacial score (nSPS) is 19.8. The third kappa shape index (κ3) is 1.62. The quantitative estimate of drug-likeness (QED) is 0.604. The van der Waals surface area contributed by atoms with E-state index in [0.717, 1.165) is 0 Å². The lowest BCUT2D eigenvalue weighted by atomic mass is 9.79. The molecular weight excluding hydrogens is 186 g/mol. The molecule has 1 heterocycles. The fourth-order valence-electron chi connectivity index (χ4n) is 1.49. The number of carboxylic acid groups (broad SMARTS) is 1. The maximum atomic E-state index is 11.0. The van der Waals surface area contributed by atoms with Gasteiger partial charge in [-0.2, -0.15) is 5.26 Å². The summed E-state index contributed by atoms with van der Waals surface area (Å²) in [6.07, 6.45) is -0.656. The van der Waals surface area contributed by atoms with Gasteiger partial charge in [0, 0.05) is 13.1 Å². The summed E-state index contributed by atoms with van der Waals surface area (Å²) in [6, 6.07) is 1.88. The van der Waals surface area contributed by atoms with Gasteiger partial charge in [-0.05, 0) is 12.8 Å². The molecule has 0 radical (unpaired) electrons. The Morgan fingerprint density at radius 2 is 1.93 bits per heavy atom. The first-order valence-corrected chi connectivity index (χ1v) is 4.21. The number of primary amides is 1. The van der Waals surface area contributed by atoms with Crippen molar-refractivity contribution in [3.63, 3.8) is 0 Å². The second-order valence-corrected chi connectivity index (χ2v) is 3.33. The zero-order valence-corrected chi connectivity index (χ0v) is 7.56. The van der Waals surface area contributed by atoms with Crippen LogP contribution in [0.4, 0.5) is 4.79 Å². The van der Waals surface area contributed by atoms with Gasteiger partial charge < -0.3 is 15.7 Å². The molecule has 0 aromatic carbocycles. The molecule has 1 saturated heterocycles. The van der Waals surface area contributed by atoms with Gasteiger partial charge >= 0.3 is 6.09 Å². The molecule has 0 saturated carbocycles. The van der Waals surface area contributed by atoms with Crippen LogP contribution in [0.5, 0.6) is 0 Å². The predicted molar refractivity (Wildman–Crippen MR) is 46.1 cm³/mol. The van der Waals surface area contributed by atoms with E-state index in [1.54, 1.807) is 0 Å². The van der Waals surface area contributed by atoms with Gasteiger partial charge in [-0.15, -0.1) is 0 Å². The Labute approximate surface area is 80.9 Å². The number of carbonyl (C=O) groups excluding carboxylic acids is 1. The minimum Gasteiger partial charge on any atom is -0.465 e. The van der Waals surface area contributed by atoms with Crippen LogP contribution in [0.1, 0.15) is 12.8 Å². The number of nitrogens with zero attached hydrogens (tertiary/aromatic N) is 2. The molecule has 6 nitrogen and oxygen atoms in total. The first-order valence-electron chi connectivity index (χ1n) is 4.21. The largest absolute Gasteiger partial charge is 0.465 e. The van der Waals surface area contributed by atoms with Gasteiger partial charge in [-0.1, -0.05) is 0 Å². The highest BCUT2D eigenvalue weighted by molar-refractivity contribution is 5.84. The Morgan fingerprint density at radius 3 is 2.21 bits per heavy atom. The fourth-order valence-corrected chi connectivity index (χ4v) is 1.49. The van der Waals surface area contributed by atoms with E-state index in [4.69, 9.17) is 16.1 Å². The number of nitrogens with two attached hydrogens (primary N) is 1. The summed E-state index contributed by atoms with van der Waals surface area (Å²) in [5.74, 6) is -0.662. The summed E-state index contributed by atoms with van der Waals surface area (Å²) in [6.45, 7) is 0.373. The van der Waals surface area contributed by atoms with Gasteiger partial charge in [-0.25, -0.2) is 4.79 Å². The minimum absolute atomic E-state index is 0.186. The van der Waals surface area contributed by atoms with Gasteiger partial charge in [0.15, 0.2) is 0 Å². The van der Waals surface area contributed by atoms with E-state index in [0.29, 0.717) is 0 Å². The van der Waals surface area contributed by atoms with Gasteiger partial charge in [0.05, 0.1) is 6.07 Å². The molecule has 6 heteroatoms. The number of nitriles is 1. The standard InChI is InChI=1S/C8H11N3O3/c9-5-8(6(10)12)1-3-11(4-2-8)7(13)14/h1-4H2,(H2,10,12)(H,13,14). The molecular formula is C8H11N3O3. The maximum absolute atomic E-state index is 11.0. The summed E-state index contributed by atoms with van der Waals surface area (Å²) in [5, 5.41) is 17.5. The Balaban J connectivity index is 2.70. The van der Waals surface area contributed by atoms with Gasteiger partial charge in [0.25, 0.3) is 0 Å². The lowest BCUT2D eigenvalue weighted by Crippen LogP contribution is -2.47. The minimum atomic E-state index is -1.17. The Kier molecular flexibility index (Phi) is 2.60. The van der Waals surface area contributed by atoms with Crippen LogP contribution in [0.2, 0.25) is 0 Å². The van der Waals surface area contributed by atoms with Crippen molar-refractivity contribution in [2.24, 2.45) is 11.1 Å². The van der Waals surface area contributed by atoms with Gasteiger partial charge in [0.1, 0.15) is 5.41 Å². The Bertz CT molecular complexity index is 299. The maximum Gasteiger partial charge on any atom is 0.407 e. The molecule has 1 aliphatic rings. The Hall–Kier alpha value is -1.77. The van der Waals surface area contributed by atoms with Crippen molar-refractivity contribution in [3.8, 4) is 6.07 Å². The monoisotopic (exact) mass is 197 g/mol. The molecule has 3 N–H and O–H groups in total. The molecule has 76 valence electrons. The van der Waals surface area contributed by atoms with Crippen LogP contribution in [0.15, 0.2) is 0 Å². The van der Waals surface area contributed by atoms with Crippen molar-refractivity contribution in [3.05, 3.63) is 0 Å². The van der Waals surface area contributed by atoms with E-state index in [1.807, 2.05) is 6.07 Å². The van der Waals surface area contributed by atoms with E-state index in [9.17, 15) is 9.59 Å². The number of hydrogen-bond donors (Lipinski definition) is 2. The molecule has 0 aromatic rings. The second kappa shape index (κ2) is 3.54. The molecule has 1 aliphatic heterocycles. The van der Waals surface area contributed by atoms with Crippen molar-refractivity contribution < 1.29 is 14.7 Å². The number of rotatable bonds is 1. The lowest BCUT2D eigenvalue weighted by Gasteiger charge is -2.33. The molecule has 0 aromatic heterocycles. The van der Waals surface area contributed by atoms with Crippen molar-refractivity contribution in [2.75, 3.05) is 13.1 Å². The van der Waals surface area contributed by atoms with Crippen LogP contribution in [-0.2, 0) is 4.79 Å². The number of carbonyl (C=O) groups is 2. The van der Waals surface area contributed by atoms with Crippen molar-refractivity contribution in [1.29, 1.82) is 5.26 Å². The molecule has 0 atom stereocenters. The van der Waals surface area contributed by atoms with Crippen LogP contribution in [0, 0.1) is 16.7 Å². The zero-order valence-electron chi connectivity index (χ0n) is 7.56. The molecule has 14 heavy (non-hydrogen) atoms. The number of likely N-dealkylation sites (tertiary alicyclic amines) is 1. The number of amides is 2. The summed E-state index contributed by atoms with van der Waals surface area (Å²) in [7, 11) is 0. The molecule has 1 rings (SSSR count). The highest BCUT2D eigenvalue weighted by Crippen LogP contribution is 2.30. The van der Waals surface area contributed by atoms with Crippen LogP contribution >= 0.6 is 0 Å². The smallest absolute Gasteiger partial charge is 0.407 e. The van der Waals surface area contributed by atoms with Crippen LogP contribution in [0.3, 0.4) is 0 Å². The highest BCUT2D eigenvalue weighted by atomic mass is 16.4. The van der Waals surface area contributed by atoms with Crippen molar-refractivity contribution in [1.82, 2.24) is 4.90 Å². The van der Waals surface area contributed by atoms with E-state index < -0.39 is 17.4 Å². The molecule has 1 fully saturated rings. The van der Waals surface area contributed by atoms with E-state index >= 15 is 0 Å². The summed E-state index contributed by atoms with van der Waals surface area (Å²) in [4.78, 5) is 22.7. The van der Waals surface area contributed by atoms with E-state index in [2.05, 4.69) is 0 Å². The average molecular weight is 197 g/mol. The van der Waals surface area contributed by atoms with Crippen LogP contribution in [-0.4, -0.2) is 35.1 Å². The molecule has 2 amide bonds. The molecule has 0 unspecified atom stereocenters. The number of hydrogen-bond acceptors (Lipinski definition) is 3. The topological polar surface area (TPSA) is 107 Å². The average Bonchev–Trinajstić information content (AvgIpc) is 2.17. The summed E-state index contributed by atoms with van der Waals surface area (Å²) >= 11 is 0. The van der Waals surface area contributed by atoms with Crippen LogP contribution < -0.4 is 5.73 Å². The van der Waals surface area contributed by atoms with Gasteiger partial charge in [-0.3, -0.25) is 4.79 Å². The zero-order chi connectivity index (χ0) is 10.8. The molecule has 0 aliphatic carbocycles. The number of piperidine rings is 1. The van der Waals surface area contributed by atoms with Crippen LogP contribution in [0.25, 0.3) is 0 Å². The Morgan fingerprint density at radius 1 is 1.43 bits per heavy atom. The summed E-state index contributed by atoms with van der Waals surface area (Å²) in [5.41, 5.74) is 3.93. The van der Waals surface area contributed by atoms with E-state index in [-0.39, 0.29) is 25.9 Å². The fraction of sp³-hybridized carbons (Fsp3) is 0.625. The van der Waals surface area contributed by atoms with Gasteiger partial charge in [0.2, 0.25) is 5.91 Å². The molecule has 0 bridgehead atoms. The lowest BCUT2D eigenvalue weighted by molar-refractivity contribution is -0.126. The molecule has 0 spiro atoms. The third-order valence-corrected chi connectivity index (χ3v) is 2.57. The summed E-state index contributed by atoms with van der Waals surface area (Å²) < 4.78 is 0. The first-order chi connectivity index (χ1) is 6.52. The van der Waals surface area contributed by atoms with Crippen molar-refractivity contribution >= 4 is 12.0 Å². The SMILES string of the molecule is N#CC1(C(N)=O)CCN(C(=O)O)CC1. The highest BCUT2D eigenvalue weighted by Gasteiger charge is 2.41. The second-order valence-electron chi connectivity index (χ2n) is 3.33. The third-order valence-electron chi connectivity index (χ3n) is 2.57. The van der Waals surface area contributed by atoms with Crippen molar-refractivity contribution in [2.45, 2.75) is 12.8 Å².